The molecule has 0 radical (unpaired) electrons. The average Bonchev–Trinajstić information content (AvgIpc) is 3.42. The number of hydrogen-bond donors (Lipinski definition) is 0. The second kappa shape index (κ2) is 6.66. The molecule has 3 heterocycles. The van der Waals surface area contributed by atoms with E-state index in [1.54, 1.807) is 0 Å². The van der Waals surface area contributed by atoms with Gasteiger partial charge in [0.15, 0.2) is 17.6 Å². The van der Waals surface area contributed by atoms with Crippen LogP contribution in [0.25, 0.3) is 0 Å². The van der Waals surface area contributed by atoms with E-state index in [1.165, 1.54) is 24.0 Å². The normalized spacial score (nSPS) is 25.6. The number of amides is 1. The first-order valence-electron chi connectivity index (χ1n) is 11.1. The van der Waals surface area contributed by atoms with Gasteiger partial charge in [-0.2, -0.15) is 0 Å². The average molecular weight is 405 g/mol. The van der Waals surface area contributed by atoms with Crippen LogP contribution in [0.4, 0.5) is 0 Å². The quantitative estimate of drug-likeness (QED) is 0.714. The second-order valence-electron chi connectivity index (χ2n) is 9.13. The van der Waals surface area contributed by atoms with Crippen LogP contribution in [0.3, 0.4) is 0 Å². The molecule has 0 saturated heterocycles. The van der Waals surface area contributed by atoms with Crippen molar-refractivity contribution in [1.29, 1.82) is 0 Å². The van der Waals surface area contributed by atoms with Crippen molar-refractivity contribution in [2.24, 2.45) is 0 Å². The molecule has 2 aromatic rings. The lowest BCUT2D eigenvalue weighted by atomic mass is 9.71. The van der Waals surface area contributed by atoms with E-state index >= 15 is 0 Å². The molecule has 1 aliphatic carbocycles. The third-order valence-electron chi connectivity index (χ3n) is 7.44. The van der Waals surface area contributed by atoms with Gasteiger partial charge < -0.3 is 19.1 Å². The van der Waals surface area contributed by atoms with Crippen LogP contribution < -0.4 is 14.2 Å². The fraction of sp³-hybridized carbons (Fsp3) is 0.480. The van der Waals surface area contributed by atoms with Crippen LogP contribution in [0.2, 0.25) is 0 Å². The number of rotatable bonds is 1. The van der Waals surface area contributed by atoms with Crippen molar-refractivity contribution in [1.82, 2.24) is 4.90 Å². The first kappa shape index (κ1) is 18.1. The Bertz CT molecular complexity index is 985. The topological polar surface area (TPSA) is 48.0 Å². The van der Waals surface area contributed by atoms with E-state index in [-0.39, 0.29) is 17.4 Å². The molecular weight excluding hydrogens is 378 g/mol. The highest BCUT2D eigenvalue weighted by atomic mass is 16.6. The maximum absolute atomic E-state index is 13.7. The lowest BCUT2D eigenvalue weighted by Gasteiger charge is -2.47. The van der Waals surface area contributed by atoms with E-state index in [9.17, 15) is 4.79 Å². The van der Waals surface area contributed by atoms with Gasteiger partial charge in [-0.05, 0) is 54.7 Å². The minimum absolute atomic E-state index is 0.0122. The molecule has 2 atom stereocenters. The highest BCUT2D eigenvalue weighted by Crippen LogP contribution is 2.52. The monoisotopic (exact) mass is 405 g/mol. The van der Waals surface area contributed by atoms with Gasteiger partial charge in [-0.1, -0.05) is 31.0 Å². The van der Waals surface area contributed by atoms with Crippen LogP contribution in [0.15, 0.2) is 36.4 Å². The largest absolute Gasteiger partial charge is 0.486 e. The lowest BCUT2D eigenvalue weighted by Crippen LogP contribution is -2.52. The predicted octanol–water partition coefficient (Wildman–Crippen LogP) is 4.18. The van der Waals surface area contributed by atoms with Crippen LogP contribution in [-0.4, -0.2) is 36.7 Å². The van der Waals surface area contributed by atoms with Gasteiger partial charge >= 0.3 is 0 Å². The second-order valence-corrected chi connectivity index (χ2v) is 9.13. The Morgan fingerprint density at radius 2 is 1.77 bits per heavy atom. The molecule has 2 aromatic carbocycles. The van der Waals surface area contributed by atoms with Gasteiger partial charge in [0, 0.05) is 18.4 Å². The summed E-state index contributed by atoms with van der Waals surface area (Å²) in [6.45, 7) is 4.06. The molecule has 1 spiro atoms. The van der Waals surface area contributed by atoms with Crippen molar-refractivity contribution in [3.63, 3.8) is 0 Å². The molecule has 0 N–H and O–H groups in total. The van der Waals surface area contributed by atoms with Crippen molar-refractivity contribution in [3.8, 4) is 17.2 Å². The number of ether oxygens (including phenoxy) is 3. The Morgan fingerprint density at radius 3 is 2.53 bits per heavy atom. The molecule has 4 aliphatic rings. The molecule has 6 rings (SSSR count). The fourth-order valence-electron chi connectivity index (χ4n) is 5.88. The standard InChI is InChI=1S/C25H27NO4/c1-16-18-13-21-22(29-11-10-28-21)14-19(18)25(8-4-5-9-25)15-26(16)24(27)23-12-17-6-2-3-7-20(17)30-23/h2-3,6-7,13-14,16,23H,4-5,8-12,15H2,1H3/t16-,23+/m1/s1. The van der Waals surface area contributed by atoms with Crippen molar-refractivity contribution >= 4 is 5.91 Å². The molecule has 1 amide bonds. The molecule has 1 saturated carbocycles. The third-order valence-corrected chi connectivity index (χ3v) is 7.44. The molecule has 0 bridgehead atoms. The Balaban J connectivity index is 1.37. The summed E-state index contributed by atoms with van der Waals surface area (Å²) in [6.07, 6.45) is 4.86. The molecular formula is C25H27NO4. The van der Waals surface area contributed by atoms with Crippen molar-refractivity contribution in [2.45, 2.75) is 56.6 Å². The van der Waals surface area contributed by atoms with E-state index in [0.29, 0.717) is 19.6 Å². The molecule has 0 unspecified atom stereocenters. The number of benzene rings is 2. The highest BCUT2D eigenvalue weighted by Gasteiger charge is 2.48. The lowest BCUT2D eigenvalue weighted by molar-refractivity contribution is -0.142. The van der Waals surface area contributed by atoms with Gasteiger partial charge in [-0.15, -0.1) is 0 Å². The van der Waals surface area contributed by atoms with Gasteiger partial charge in [0.05, 0.1) is 6.04 Å². The van der Waals surface area contributed by atoms with Crippen LogP contribution in [0.1, 0.15) is 55.3 Å². The van der Waals surface area contributed by atoms with Gasteiger partial charge in [0.25, 0.3) is 5.91 Å². The van der Waals surface area contributed by atoms with Gasteiger partial charge in [0.1, 0.15) is 19.0 Å². The van der Waals surface area contributed by atoms with Crippen LogP contribution in [-0.2, 0) is 16.6 Å². The number of fused-ring (bicyclic) bond motifs is 4. The van der Waals surface area contributed by atoms with E-state index in [0.717, 1.165) is 42.2 Å². The summed E-state index contributed by atoms with van der Waals surface area (Å²) in [5.74, 6) is 2.60. The maximum Gasteiger partial charge on any atom is 0.264 e. The van der Waals surface area contributed by atoms with E-state index in [2.05, 4.69) is 30.0 Å². The summed E-state index contributed by atoms with van der Waals surface area (Å²) in [4.78, 5) is 15.7. The Labute approximate surface area is 176 Å². The maximum atomic E-state index is 13.7. The summed E-state index contributed by atoms with van der Waals surface area (Å²) in [5.41, 5.74) is 3.70. The smallest absolute Gasteiger partial charge is 0.264 e. The SMILES string of the molecule is C[C@@H]1c2cc3c(cc2C2(CCCC2)CN1C(=O)[C@@H]1Cc2ccccc2O1)OCCO3. The molecule has 30 heavy (non-hydrogen) atoms. The van der Waals surface area contributed by atoms with E-state index in [1.807, 2.05) is 18.2 Å². The summed E-state index contributed by atoms with van der Waals surface area (Å²) in [5, 5.41) is 0. The Hall–Kier alpha value is -2.69. The van der Waals surface area contributed by atoms with Gasteiger partial charge in [0.2, 0.25) is 0 Å². The third kappa shape index (κ3) is 2.64. The van der Waals surface area contributed by atoms with Crippen molar-refractivity contribution in [2.75, 3.05) is 19.8 Å². The molecule has 3 aliphatic heterocycles. The Kier molecular flexibility index (Phi) is 4.02. The van der Waals surface area contributed by atoms with Crippen molar-refractivity contribution in [3.05, 3.63) is 53.1 Å². The van der Waals surface area contributed by atoms with Crippen LogP contribution in [0.5, 0.6) is 17.2 Å². The van der Waals surface area contributed by atoms with Gasteiger partial charge in [-0.3, -0.25) is 4.79 Å². The zero-order chi connectivity index (χ0) is 20.3. The van der Waals surface area contributed by atoms with E-state index < -0.39 is 6.10 Å². The Morgan fingerprint density at radius 1 is 1.03 bits per heavy atom. The summed E-state index contributed by atoms with van der Waals surface area (Å²) >= 11 is 0. The number of para-hydroxylation sites is 1. The molecule has 5 nitrogen and oxygen atoms in total. The zero-order valence-corrected chi connectivity index (χ0v) is 17.4. The number of hydrogen-bond acceptors (Lipinski definition) is 4. The first-order chi connectivity index (χ1) is 14.6. The molecule has 5 heteroatoms. The fourth-order valence-corrected chi connectivity index (χ4v) is 5.88. The predicted molar refractivity (Wildman–Crippen MR) is 112 cm³/mol. The minimum atomic E-state index is -0.429. The van der Waals surface area contributed by atoms with Crippen molar-refractivity contribution < 1.29 is 19.0 Å². The molecule has 0 aromatic heterocycles. The van der Waals surface area contributed by atoms with Crippen LogP contribution in [0, 0.1) is 0 Å². The highest BCUT2D eigenvalue weighted by molar-refractivity contribution is 5.84. The summed E-state index contributed by atoms with van der Waals surface area (Å²) in [7, 11) is 0. The first-order valence-corrected chi connectivity index (χ1v) is 11.1. The summed E-state index contributed by atoms with van der Waals surface area (Å²) in [6, 6.07) is 12.3. The number of carbonyl (C=O) groups is 1. The minimum Gasteiger partial charge on any atom is -0.486 e. The van der Waals surface area contributed by atoms with Gasteiger partial charge in [-0.25, -0.2) is 0 Å². The van der Waals surface area contributed by atoms with Crippen LogP contribution >= 0.6 is 0 Å². The number of carbonyl (C=O) groups excluding carboxylic acids is 1. The molecule has 1 fully saturated rings. The number of nitrogens with zero attached hydrogens (tertiary/aromatic N) is 1. The summed E-state index contributed by atoms with van der Waals surface area (Å²) < 4.78 is 17.8. The zero-order valence-electron chi connectivity index (χ0n) is 17.4. The molecule has 156 valence electrons. The van der Waals surface area contributed by atoms with E-state index in [4.69, 9.17) is 14.2 Å².